The predicted molar refractivity (Wildman–Crippen MR) is 104 cm³/mol. The number of hydrogen-bond donors (Lipinski definition) is 1. The van der Waals surface area contributed by atoms with Gasteiger partial charge in [-0.25, -0.2) is 13.4 Å². The van der Waals surface area contributed by atoms with Gasteiger partial charge in [-0.3, -0.25) is 4.79 Å². The van der Waals surface area contributed by atoms with Crippen LogP contribution in [0.25, 0.3) is 5.65 Å². The van der Waals surface area contributed by atoms with Gasteiger partial charge in [0.1, 0.15) is 11.3 Å². The molecular formula is C20H21N3O3S. The maximum atomic E-state index is 12.8. The van der Waals surface area contributed by atoms with Crippen LogP contribution in [-0.4, -0.2) is 29.0 Å². The van der Waals surface area contributed by atoms with Gasteiger partial charge in [0.05, 0.1) is 10.1 Å². The summed E-state index contributed by atoms with van der Waals surface area (Å²) in [4.78, 5) is 17.1. The van der Waals surface area contributed by atoms with Crippen LogP contribution in [0.3, 0.4) is 0 Å². The van der Waals surface area contributed by atoms with Gasteiger partial charge in [0.15, 0.2) is 9.84 Å². The molecule has 4 rings (SSSR count). The minimum absolute atomic E-state index is 0.262. The summed E-state index contributed by atoms with van der Waals surface area (Å²) in [5, 5.41) is 2.44. The van der Waals surface area contributed by atoms with Crippen LogP contribution in [0.1, 0.15) is 41.7 Å². The molecule has 1 aliphatic rings. The molecule has 27 heavy (non-hydrogen) atoms. The first-order valence-corrected chi connectivity index (χ1v) is 10.6. The van der Waals surface area contributed by atoms with Gasteiger partial charge in [0.25, 0.3) is 5.91 Å². The first-order chi connectivity index (χ1) is 12.9. The molecule has 3 aromatic rings. The van der Waals surface area contributed by atoms with Gasteiger partial charge in [-0.2, -0.15) is 0 Å². The van der Waals surface area contributed by atoms with Gasteiger partial charge in [-0.1, -0.05) is 18.9 Å². The number of sulfone groups is 1. The number of anilines is 1. The molecular weight excluding hydrogens is 362 g/mol. The van der Waals surface area contributed by atoms with Crippen LogP contribution in [0.4, 0.5) is 5.69 Å². The van der Waals surface area contributed by atoms with Crippen LogP contribution in [0.2, 0.25) is 0 Å². The predicted octanol–water partition coefficient (Wildman–Crippen LogP) is 3.61. The number of aromatic nitrogens is 2. The maximum absolute atomic E-state index is 12.8. The van der Waals surface area contributed by atoms with Crippen molar-refractivity contribution in [2.24, 2.45) is 0 Å². The number of aryl methyl sites for hydroxylation is 1. The van der Waals surface area contributed by atoms with Gasteiger partial charge in [0, 0.05) is 18.1 Å². The van der Waals surface area contributed by atoms with E-state index in [2.05, 4.69) is 10.3 Å². The van der Waals surface area contributed by atoms with Crippen LogP contribution in [0, 0.1) is 6.92 Å². The molecule has 6 nitrogen and oxygen atoms in total. The Morgan fingerprint density at radius 1 is 1.19 bits per heavy atom. The fourth-order valence-electron chi connectivity index (χ4n) is 3.53. The molecule has 1 amide bonds. The number of carbonyl (C=O) groups excluding carboxylic acids is 1. The Morgan fingerprint density at radius 2 is 1.96 bits per heavy atom. The molecule has 1 saturated carbocycles. The molecule has 2 heterocycles. The lowest BCUT2D eigenvalue weighted by Crippen LogP contribution is -2.18. The third-order valence-electron chi connectivity index (χ3n) is 5.01. The average Bonchev–Trinajstić information content (AvgIpc) is 3.31. The average molecular weight is 383 g/mol. The highest BCUT2D eigenvalue weighted by molar-refractivity contribution is 7.92. The van der Waals surface area contributed by atoms with E-state index in [9.17, 15) is 13.2 Å². The third-order valence-corrected chi connectivity index (χ3v) is 7.27. The number of nitrogens with zero attached hydrogens (tertiary/aromatic N) is 2. The van der Waals surface area contributed by atoms with Crippen molar-refractivity contribution in [1.29, 1.82) is 0 Å². The second-order valence-electron chi connectivity index (χ2n) is 7.03. The third kappa shape index (κ3) is 3.47. The zero-order valence-electron chi connectivity index (χ0n) is 15.1. The summed E-state index contributed by atoms with van der Waals surface area (Å²) in [7, 11) is -3.36. The van der Waals surface area contributed by atoms with Crippen molar-refractivity contribution < 1.29 is 13.2 Å². The van der Waals surface area contributed by atoms with Gasteiger partial charge < -0.3 is 9.72 Å². The molecule has 0 aliphatic heterocycles. The molecule has 0 unspecified atom stereocenters. The van der Waals surface area contributed by atoms with E-state index in [1.807, 2.05) is 25.3 Å². The van der Waals surface area contributed by atoms with Crippen LogP contribution in [0.15, 0.2) is 53.7 Å². The van der Waals surface area contributed by atoms with E-state index >= 15 is 0 Å². The van der Waals surface area contributed by atoms with E-state index < -0.39 is 9.84 Å². The zero-order chi connectivity index (χ0) is 19.0. The lowest BCUT2D eigenvalue weighted by molar-refractivity contribution is 0.102. The van der Waals surface area contributed by atoms with Crippen molar-refractivity contribution in [3.63, 3.8) is 0 Å². The molecule has 1 aromatic carbocycles. The van der Waals surface area contributed by atoms with Gasteiger partial charge in [-0.15, -0.1) is 0 Å². The molecule has 0 atom stereocenters. The number of benzene rings is 1. The van der Waals surface area contributed by atoms with E-state index in [1.54, 1.807) is 28.8 Å². The van der Waals surface area contributed by atoms with Crippen molar-refractivity contribution in [3.05, 3.63) is 60.0 Å². The van der Waals surface area contributed by atoms with E-state index in [-0.39, 0.29) is 21.7 Å². The standard InChI is InChI=1S/C20H21N3O3S/c1-14-9-10-23-13-18(22-19(23)11-14)20(24)21-15-5-4-8-17(12-15)27(25,26)16-6-2-3-7-16/h4-5,8-13,16H,2-3,6-7H2,1H3,(H,21,24). The summed E-state index contributed by atoms with van der Waals surface area (Å²) in [6.45, 7) is 1.96. The normalized spacial score (nSPS) is 15.3. The molecule has 1 aliphatic carbocycles. The number of imidazole rings is 1. The molecule has 7 heteroatoms. The topological polar surface area (TPSA) is 80.5 Å². The van der Waals surface area contributed by atoms with E-state index in [1.165, 1.54) is 6.07 Å². The Kier molecular flexibility index (Phi) is 4.47. The van der Waals surface area contributed by atoms with Crippen LogP contribution >= 0.6 is 0 Å². The largest absolute Gasteiger partial charge is 0.321 e. The number of hydrogen-bond acceptors (Lipinski definition) is 4. The first-order valence-electron chi connectivity index (χ1n) is 9.04. The fraction of sp³-hybridized carbons (Fsp3) is 0.300. The molecule has 1 fully saturated rings. The van der Waals surface area contributed by atoms with E-state index in [4.69, 9.17) is 0 Å². The van der Waals surface area contributed by atoms with Crippen LogP contribution < -0.4 is 5.32 Å². The summed E-state index contributed by atoms with van der Waals surface area (Å²) < 4.78 is 27.3. The Balaban J connectivity index is 1.57. The lowest BCUT2D eigenvalue weighted by atomic mass is 10.3. The minimum Gasteiger partial charge on any atom is -0.321 e. The monoisotopic (exact) mass is 383 g/mol. The summed E-state index contributed by atoms with van der Waals surface area (Å²) in [5.41, 5.74) is 2.49. The van der Waals surface area contributed by atoms with E-state index in [0.29, 0.717) is 24.2 Å². The summed E-state index contributed by atoms with van der Waals surface area (Å²) in [5.74, 6) is -0.369. The number of nitrogens with one attached hydrogen (secondary N) is 1. The number of rotatable bonds is 4. The van der Waals surface area contributed by atoms with Crippen molar-refractivity contribution in [2.45, 2.75) is 42.8 Å². The fourth-order valence-corrected chi connectivity index (χ4v) is 5.43. The Morgan fingerprint density at radius 3 is 2.74 bits per heavy atom. The summed E-state index contributed by atoms with van der Waals surface area (Å²) >= 11 is 0. The van der Waals surface area contributed by atoms with Crippen molar-refractivity contribution in [3.8, 4) is 0 Å². The van der Waals surface area contributed by atoms with Crippen molar-refractivity contribution in [2.75, 3.05) is 5.32 Å². The van der Waals surface area contributed by atoms with Crippen LogP contribution in [-0.2, 0) is 9.84 Å². The molecule has 0 bridgehead atoms. The Bertz CT molecular complexity index is 1110. The highest BCUT2D eigenvalue weighted by Crippen LogP contribution is 2.30. The Labute approximate surface area is 158 Å². The maximum Gasteiger partial charge on any atom is 0.275 e. The van der Waals surface area contributed by atoms with E-state index in [0.717, 1.165) is 18.4 Å². The number of amides is 1. The first kappa shape index (κ1) is 17.7. The summed E-state index contributed by atoms with van der Waals surface area (Å²) in [6, 6.07) is 10.3. The molecule has 2 aromatic heterocycles. The second kappa shape index (κ2) is 6.81. The molecule has 0 spiro atoms. The minimum atomic E-state index is -3.36. The number of carbonyl (C=O) groups is 1. The Hall–Kier alpha value is -2.67. The zero-order valence-corrected chi connectivity index (χ0v) is 15.9. The molecule has 0 radical (unpaired) electrons. The van der Waals surface area contributed by atoms with Gasteiger partial charge in [0.2, 0.25) is 0 Å². The second-order valence-corrected chi connectivity index (χ2v) is 9.26. The quantitative estimate of drug-likeness (QED) is 0.746. The van der Waals surface area contributed by atoms with Gasteiger partial charge in [-0.05, 0) is 55.7 Å². The van der Waals surface area contributed by atoms with Crippen molar-refractivity contribution in [1.82, 2.24) is 9.38 Å². The number of pyridine rings is 1. The van der Waals surface area contributed by atoms with Crippen LogP contribution in [0.5, 0.6) is 0 Å². The number of fused-ring (bicyclic) bond motifs is 1. The lowest BCUT2D eigenvalue weighted by Gasteiger charge is -2.12. The smallest absolute Gasteiger partial charge is 0.275 e. The highest BCUT2D eigenvalue weighted by Gasteiger charge is 2.30. The molecule has 0 saturated heterocycles. The SMILES string of the molecule is Cc1ccn2cc(C(=O)Nc3cccc(S(=O)(=O)C4CCCC4)c3)nc2c1. The van der Waals surface area contributed by atoms with Crippen molar-refractivity contribution >= 4 is 27.1 Å². The highest BCUT2D eigenvalue weighted by atomic mass is 32.2. The van der Waals surface area contributed by atoms with Gasteiger partial charge >= 0.3 is 0 Å². The molecule has 140 valence electrons. The molecule has 1 N–H and O–H groups in total. The summed E-state index contributed by atoms with van der Waals surface area (Å²) in [6.07, 6.45) is 6.83.